The summed E-state index contributed by atoms with van der Waals surface area (Å²) in [6.45, 7) is 0.878. The molecule has 0 aliphatic carbocycles. The number of carbonyl (C=O) groups is 3. The van der Waals surface area contributed by atoms with Gasteiger partial charge >= 0.3 is 11.9 Å². The molecule has 0 aliphatic rings. The minimum atomic E-state index is -1.28. The maximum Gasteiger partial charge on any atom is 0.337 e. The van der Waals surface area contributed by atoms with E-state index in [9.17, 15) is 24.6 Å². The predicted octanol–water partition coefficient (Wildman–Crippen LogP) is 2.24. The Morgan fingerprint density at radius 1 is 0.955 bits per heavy atom. The molecule has 0 aromatic heterocycles. The topological polar surface area (TPSA) is 115 Å². The fraction of sp³-hybridized carbons (Fsp3) is 0.250. The molecular formula is C12H10I3NO6. The molecule has 1 rings (SSSR count). The second-order valence-corrected chi connectivity index (χ2v) is 7.28. The van der Waals surface area contributed by atoms with Crippen LogP contribution >= 0.6 is 67.8 Å². The molecule has 0 radical (unpaired) electrons. The number of halogens is 3. The van der Waals surface area contributed by atoms with E-state index in [0.717, 1.165) is 0 Å². The smallest absolute Gasteiger partial charge is 0.337 e. The molecule has 0 bridgehead atoms. The number of carboxylic acid groups (broad SMARTS) is 2. The lowest BCUT2D eigenvalue weighted by molar-refractivity contribution is -0.116. The zero-order chi connectivity index (χ0) is 17.2. The van der Waals surface area contributed by atoms with Crippen molar-refractivity contribution in [1.82, 2.24) is 0 Å². The van der Waals surface area contributed by atoms with Crippen molar-refractivity contribution < 1.29 is 29.7 Å². The molecule has 120 valence electrons. The van der Waals surface area contributed by atoms with Crippen molar-refractivity contribution in [2.24, 2.45) is 0 Å². The van der Waals surface area contributed by atoms with Crippen LogP contribution < -0.4 is 4.90 Å². The Morgan fingerprint density at radius 2 is 1.36 bits per heavy atom. The minimum absolute atomic E-state index is 0.0555. The number of anilines is 1. The Hall–Kier alpha value is -0.220. The van der Waals surface area contributed by atoms with Crippen LogP contribution in [0.1, 0.15) is 27.6 Å². The van der Waals surface area contributed by atoms with Gasteiger partial charge in [0.05, 0.1) is 30.6 Å². The van der Waals surface area contributed by atoms with Crippen LogP contribution in [-0.2, 0) is 4.79 Å². The van der Waals surface area contributed by atoms with Gasteiger partial charge in [0.2, 0.25) is 5.91 Å². The highest BCUT2D eigenvalue weighted by Gasteiger charge is 2.30. The lowest BCUT2D eigenvalue weighted by atomic mass is 10.1. The first kappa shape index (κ1) is 19.8. The highest BCUT2D eigenvalue weighted by Crippen LogP contribution is 2.37. The summed E-state index contributed by atoms with van der Waals surface area (Å²) < 4.78 is 0.614. The predicted molar refractivity (Wildman–Crippen MR) is 104 cm³/mol. The highest BCUT2D eigenvalue weighted by molar-refractivity contribution is 14.1. The maximum atomic E-state index is 11.8. The number of benzene rings is 1. The van der Waals surface area contributed by atoms with Crippen LogP contribution in [0.4, 0.5) is 5.69 Å². The third kappa shape index (κ3) is 3.81. The molecule has 10 heteroatoms. The molecular weight excluding hydrogens is 635 g/mol. The van der Waals surface area contributed by atoms with Gasteiger partial charge in [0.25, 0.3) is 0 Å². The van der Waals surface area contributed by atoms with Gasteiger partial charge in [0.15, 0.2) is 0 Å². The molecule has 0 atom stereocenters. The Balaban J connectivity index is 3.88. The molecule has 0 fully saturated rings. The first-order valence-electron chi connectivity index (χ1n) is 5.71. The zero-order valence-electron chi connectivity index (χ0n) is 11.1. The van der Waals surface area contributed by atoms with E-state index in [1.807, 2.05) is 0 Å². The molecule has 0 unspecified atom stereocenters. The number of nitrogens with zero attached hydrogens (tertiary/aromatic N) is 1. The van der Waals surface area contributed by atoms with Crippen LogP contribution in [0, 0.1) is 10.7 Å². The van der Waals surface area contributed by atoms with Crippen LogP contribution in [0.15, 0.2) is 0 Å². The standard InChI is InChI=1S/C12H10I3NO6/c1-4(18)16(2-3-17)10-8(14)5(11(19)20)7(13)6(9(10)15)12(21)22/h17H,2-3H2,1H3,(H,19,20)(H,21,22). The molecule has 22 heavy (non-hydrogen) atoms. The van der Waals surface area contributed by atoms with Crippen molar-refractivity contribution in [3.8, 4) is 0 Å². The molecule has 0 aliphatic heterocycles. The molecule has 1 amide bonds. The largest absolute Gasteiger partial charge is 0.478 e. The summed E-state index contributed by atoms with van der Waals surface area (Å²) in [5.41, 5.74) is -0.144. The van der Waals surface area contributed by atoms with Crippen molar-refractivity contribution in [2.45, 2.75) is 6.92 Å². The van der Waals surface area contributed by atoms with Gasteiger partial charge < -0.3 is 20.2 Å². The summed E-state index contributed by atoms with van der Waals surface area (Å²) in [6, 6.07) is 0. The van der Waals surface area contributed by atoms with Gasteiger partial charge in [-0.15, -0.1) is 0 Å². The summed E-state index contributed by atoms with van der Waals surface area (Å²) in [7, 11) is 0. The van der Waals surface area contributed by atoms with E-state index in [1.165, 1.54) is 11.8 Å². The zero-order valence-corrected chi connectivity index (χ0v) is 17.5. The normalized spacial score (nSPS) is 10.4. The molecule has 0 saturated heterocycles. The van der Waals surface area contributed by atoms with E-state index in [4.69, 9.17) is 5.11 Å². The molecule has 0 saturated carbocycles. The van der Waals surface area contributed by atoms with Crippen LogP contribution in [0.3, 0.4) is 0 Å². The highest BCUT2D eigenvalue weighted by atomic mass is 127. The summed E-state index contributed by atoms with van der Waals surface area (Å²) >= 11 is 5.23. The number of aliphatic hydroxyl groups is 1. The second kappa shape index (κ2) is 8.05. The maximum absolute atomic E-state index is 11.8. The third-order valence-corrected chi connectivity index (χ3v) is 5.87. The van der Waals surface area contributed by atoms with Crippen molar-refractivity contribution in [1.29, 1.82) is 0 Å². The number of hydrogen-bond acceptors (Lipinski definition) is 4. The lowest BCUT2D eigenvalue weighted by Gasteiger charge is -2.25. The fourth-order valence-corrected chi connectivity index (χ4v) is 6.46. The van der Waals surface area contributed by atoms with E-state index in [0.29, 0.717) is 0 Å². The molecule has 0 heterocycles. The van der Waals surface area contributed by atoms with Crippen LogP contribution in [0.2, 0.25) is 0 Å². The molecule has 1 aromatic rings. The number of aromatic carboxylic acids is 2. The van der Waals surface area contributed by atoms with Gasteiger partial charge in [-0.3, -0.25) is 4.79 Å². The van der Waals surface area contributed by atoms with Gasteiger partial charge in [-0.1, -0.05) is 0 Å². The van der Waals surface area contributed by atoms with Gasteiger partial charge in [-0.05, 0) is 67.8 Å². The molecule has 3 N–H and O–H groups in total. The number of carbonyl (C=O) groups excluding carboxylic acids is 1. The first-order chi connectivity index (χ1) is 10.1. The van der Waals surface area contributed by atoms with Gasteiger partial charge in [-0.25, -0.2) is 9.59 Å². The minimum Gasteiger partial charge on any atom is -0.478 e. The number of hydrogen-bond donors (Lipinski definition) is 3. The average Bonchev–Trinajstić information content (AvgIpc) is 2.36. The number of amides is 1. The SMILES string of the molecule is CC(=O)N(CCO)c1c(I)c(C(=O)O)c(I)c(C(=O)O)c1I. The Kier molecular flexibility index (Phi) is 7.25. The van der Waals surface area contributed by atoms with Crippen LogP contribution in [0.5, 0.6) is 0 Å². The summed E-state index contributed by atoms with van der Waals surface area (Å²) in [5, 5.41) is 27.8. The van der Waals surface area contributed by atoms with E-state index in [1.54, 1.807) is 67.8 Å². The molecule has 0 spiro atoms. The monoisotopic (exact) mass is 645 g/mol. The number of carboxylic acids is 2. The number of rotatable bonds is 5. The van der Waals surface area contributed by atoms with Crippen molar-refractivity contribution >= 4 is 91.3 Å². The number of aliphatic hydroxyl groups excluding tert-OH is 1. The van der Waals surface area contributed by atoms with Gasteiger partial charge in [-0.2, -0.15) is 0 Å². The Labute approximate surface area is 166 Å². The Bertz CT molecular complexity index is 620. The van der Waals surface area contributed by atoms with E-state index < -0.39 is 17.8 Å². The van der Waals surface area contributed by atoms with E-state index >= 15 is 0 Å². The van der Waals surface area contributed by atoms with E-state index in [2.05, 4.69) is 0 Å². The molecule has 1 aromatic carbocycles. The first-order valence-corrected chi connectivity index (χ1v) is 8.94. The third-order valence-electron chi connectivity index (χ3n) is 2.70. The lowest BCUT2D eigenvalue weighted by Crippen LogP contribution is -2.34. The Morgan fingerprint density at radius 3 is 1.64 bits per heavy atom. The second-order valence-electron chi connectivity index (χ2n) is 4.05. The van der Waals surface area contributed by atoms with Crippen molar-refractivity contribution in [2.75, 3.05) is 18.1 Å². The molecule has 7 nitrogen and oxygen atoms in total. The fourth-order valence-electron chi connectivity index (χ4n) is 1.79. The van der Waals surface area contributed by atoms with Crippen LogP contribution in [-0.4, -0.2) is 46.3 Å². The summed E-state index contributed by atoms with van der Waals surface area (Å²) in [6.07, 6.45) is 0. The average molecular weight is 645 g/mol. The van der Waals surface area contributed by atoms with Crippen molar-refractivity contribution in [3.05, 3.63) is 21.8 Å². The summed E-state index contributed by atoms with van der Waals surface area (Å²) in [4.78, 5) is 35.9. The van der Waals surface area contributed by atoms with Gasteiger partial charge in [0.1, 0.15) is 0 Å². The van der Waals surface area contributed by atoms with E-state index in [-0.39, 0.29) is 40.7 Å². The van der Waals surface area contributed by atoms with Crippen molar-refractivity contribution in [3.63, 3.8) is 0 Å². The van der Waals surface area contributed by atoms with Gasteiger partial charge in [0, 0.05) is 17.0 Å². The summed E-state index contributed by atoms with van der Waals surface area (Å²) in [5.74, 6) is -2.97. The quantitative estimate of drug-likeness (QED) is 0.424. The van der Waals surface area contributed by atoms with Crippen LogP contribution in [0.25, 0.3) is 0 Å².